The van der Waals surface area contributed by atoms with Crippen LogP contribution in [0.5, 0.6) is 5.75 Å². The van der Waals surface area contributed by atoms with Crippen molar-refractivity contribution in [1.29, 1.82) is 0 Å². The van der Waals surface area contributed by atoms with Gasteiger partial charge >= 0.3 is 0 Å². The first kappa shape index (κ1) is 13.5. The second-order valence-electron chi connectivity index (χ2n) is 4.34. The second-order valence-corrected chi connectivity index (χ2v) is 4.34. The van der Waals surface area contributed by atoms with Crippen LogP contribution in [0.15, 0.2) is 42.5 Å². The minimum atomic E-state index is -0.657. The lowest BCUT2D eigenvalue weighted by atomic mass is 10.1. The van der Waals surface area contributed by atoms with Crippen molar-refractivity contribution in [1.82, 2.24) is 0 Å². The summed E-state index contributed by atoms with van der Waals surface area (Å²) in [4.78, 5) is 0. The Morgan fingerprint density at radius 3 is 2.16 bits per heavy atom. The van der Waals surface area contributed by atoms with E-state index < -0.39 is 11.6 Å². The maximum atomic E-state index is 13.9. The number of benzene rings is 2. The molecule has 3 heteroatoms. The molecule has 0 radical (unpaired) electrons. The Kier molecular flexibility index (Phi) is 4.50. The molecule has 100 valence electrons. The van der Waals surface area contributed by atoms with Gasteiger partial charge in [-0.05, 0) is 29.7 Å². The van der Waals surface area contributed by atoms with Crippen LogP contribution in [-0.2, 0) is 0 Å². The van der Waals surface area contributed by atoms with Crippen molar-refractivity contribution >= 4 is 0 Å². The largest absolute Gasteiger partial charge is 0.488 e. The third kappa shape index (κ3) is 3.31. The maximum Gasteiger partial charge on any atom is 0.190 e. The van der Waals surface area contributed by atoms with Gasteiger partial charge in [0.15, 0.2) is 17.4 Å². The number of ether oxygens (including phenoxy) is 1. The molecule has 0 aliphatic carbocycles. The van der Waals surface area contributed by atoms with E-state index in [1.54, 1.807) is 0 Å². The highest BCUT2D eigenvalue weighted by atomic mass is 19.1. The molecule has 2 rings (SSSR count). The Bertz CT molecular complexity index is 515. The summed E-state index contributed by atoms with van der Waals surface area (Å²) < 4.78 is 32.9. The Morgan fingerprint density at radius 1 is 0.947 bits per heavy atom. The first-order valence-corrected chi connectivity index (χ1v) is 6.39. The zero-order valence-corrected chi connectivity index (χ0v) is 10.8. The van der Waals surface area contributed by atoms with Crippen LogP contribution in [0, 0.1) is 11.6 Å². The molecular weight excluding hydrogens is 246 g/mol. The summed E-state index contributed by atoms with van der Waals surface area (Å²) in [5.74, 6) is -1.60. The zero-order valence-electron chi connectivity index (χ0n) is 10.8. The highest BCUT2D eigenvalue weighted by Gasteiger charge is 2.13. The van der Waals surface area contributed by atoms with Crippen molar-refractivity contribution < 1.29 is 13.5 Å². The molecule has 0 fully saturated rings. The summed E-state index contributed by atoms with van der Waals surface area (Å²) in [5, 5.41) is 0. The van der Waals surface area contributed by atoms with Gasteiger partial charge in [-0.1, -0.05) is 43.7 Å². The van der Waals surface area contributed by atoms with E-state index in [1.807, 2.05) is 37.3 Å². The van der Waals surface area contributed by atoms with Gasteiger partial charge in [-0.2, -0.15) is 0 Å². The van der Waals surface area contributed by atoms with Crippen LogP contribution in [0.4, 0.5) is 8.78 Å². The van der Waals surface area contributed by atoms with Crippen molar-refractivity contribution in [2.45, 2.75) is 19.8 Å². The van der Waals surface area contributed by atoms with Crippen molar-refractivity contribution in [2.24, 2.45) is 0 Å². The standard InChI is InChI=1S/C16H16F2O/c1-2-3-9-19-16-14(17)10-13(11-15(16)18)12-7-5-4-6-8-12/h4-8,10-11H,2-3,9H2,1H3. The highest BCUT2D eigenvalue weighted by molar-refractivity contribution is 5.64. The molecule has 0 aromatic heterocycles. The molecule has 0 amide bonds. The molecule has 1 nitrogen and oxygen atoms in total. The quantitative estimate of drug-likeness (QED) is 0.702. The van der Waals surface area contributed by atoms with E-state index in [4.69, 9.17) is 4.74 Å². The van der Waals surface area contributed by atoms with Crippen LogP contribution in [0.1, 0.15) is 19.8 Å². The highest BCUT2D eigenvalue weighted by Crippen LogP contribution is 2.28. The molecule has 2 aromatic rings. The molecule has 0 spiro atoms. The molecule has 19 heavy (non-hydrogen) atoms. The van der Waals surface area contributed by atoms with E-state index in [2.05, 4.69) is 0 Å². The summed E-state index contributed by atoms with van der Waals surface area (Å²) in [6.07, 6.45) is 1.70. The van der Waals surface area contributed by atoms with Crippen LogP contribution < -0.4 is 4.74 Å². The van der Waals surface area contributed by atoms with E-state index in [0.29, 0.717) is 12.2 Å². The number of unbranched alkanes of at least 4 members (excludes halogenated alkanes) is 1. The lowest BCUT2D eigenvalue weighted by Gasteiger charge is -2.10. The normalized spacial score (nSPS) is 10.5. The number of rotatable bonds is 5. The first-order chi connectivity index (χ1) is 9.22. The van der Waals surface area contributed by atoms with Gasteiger partial charge in [0.05, 0.1) is 6.61 Å². The molecule has 0 aliphatic rings. The van der Waals surface area contributed by atoms with Gasteiger partial charge in [-0.15, -0.1) is 0 Å². The fourth-order valence-electron chi connectivity index (χ4n) is 1.81. The van der Waals surface area contributed by atoms with Crippen molar-refractivity contribution in [3.05, 3.63) is 54.1 Å². The molecule has 2 aromatic carbocycles. The van der Waals surface area contributed by atoms with Gasteiger partial charge in [0.25, 0.3) is 0 Å². The first-order valence-electron chi connectivity index (χ1n) is 6.39. The Morgan fingerprint density at radius 2 is 1.58 bits per heavy atom. The number of hydrogen-bond acceptors (Lipinski definition) is 1. The SMILES string of the molecule is CCCCOc1c(F)cc(-c2ccccc2)cc1F. The third-order valence-electron chi connectivity index (χ3n) is 2.85. The lowest BCUT2D eigenvalue weighted by molar-refractivity contribution is 0.279. The van der Waals surface area contributed by atoms with Crippen molar-refractivity contribution in [2.75, 3.05) is 6.61 Å². The smallest absolute Gasteiger partial charge is 0.190 e. The van der Waals surface area contributed by atoms with Gasteiger partial charge in [-0.25, -0.2) is 8.78 Å². The van der Waals surface area contributed by atoms with Gasteiger partial charge in [0.1, 0.15) is 0 Å². The fourth-order valence-corrected chi connectivity index (χ4v) is 1.81. The predicted molar refractivity (Wildman–Crippen MR) is 72.2 cm³/mol. The second kappa shape index (κ2) is 6.32. The van der Waals surface area contributed by atoms with Crippen LogP contribution in [0.25, 0.3) is 11.1 Å². The Hall–Kier alpha value is -1.90. The van der Waals surface area contributed by atoms with Crippen LogP contribution >= 0.6 is 0 Å². The molecule has 0 unspecified atom stereocenters. The summed E-state index contributed by atoms with van der Waals surface area (Å²) >= 11 is 0. The van der Waals surface area contributed by atoms with Gasteiger partial charge < -0.3 is 4.74 Å². The molecule has 0 N–H and O–H groups in total. The molecular formula is C16H16F2O. The number of halogens is 2. The predicted octanol–water partition coefficient (Wildman–Crippen LogP) is 4.81. The van der Waals surface area contributed by atoms with Crippen molar-refractivity contribution in [3.63, 3.8) is 0 Å². The average Bonchev–Trinajstić information content (AvgIpc) is 2.43. The van der Waals surface area contributed by atoms with Crippen LogP contribution in [0.2, 0.25) is 0 Å². The maximum absolute atomic E-state index is 13.9. The molecule has 0 atom stereocenters. The Labute approximate surface area is 111 Å². The van der Waals surface area contributed by atoms with E-state index in [1.165, 1.54) is 12.1 Å². The van der Waals surface area contributed by atoms with Crippen LogP contribution in [-0.4, -0.2) is 6.61 Å². The molecule has 0 saturated carbocycles. The molecule has 0 aliphatic heterocycles. The van der Waals surface area contributed by atoms with E-state index >= 15 is 0 Å². The average molecular weight is 262 g/mol. The minimum absolute atomic E-state index is 0.284. The van der Waals surface area contributed by atoms with Gasteiger partial charge in [-0.3, -0.25) is 0 Å². The Balaban J connectivity index is 2.26. The van der Waals surface area contributed by atoms with E-state index in [9.17, 15) is 8.78 Å². The van der Waals surface area contributed by atoms with Crippen molar-refractivity contribution in [3.8, 4) is 16.9 Å². The summed E-state index contributed by atoms with van der Waals surface area (Å²) in [5.41, 5.74) is 1.29. The summed E-state index contributed by atoms with van der Waals surface area (Å²) in [6.45, 7) is 2.32. The van der Waals surface area contributed by atoms with E-state index in [0.717, 1.165) is 18.4 Å². The minimum Gasteiger partial charge on any atom is -0.488 e. The molecule has 0 saturated heterocycles. The summed E-state index contributed by atoms with van der Waals surface area (Å²) in [7, 11) is 0. The monoisotopic (exact) mass is 262 g/mol. The topological polar surface area (TPSA) is 9.23 Å². The lowest BCUT2D eigenvalue weighted by Crippen LogP contribution is -2.01. The number of hydrogen-bond donors (Lipinski definition) is 0. The zero-order chi connectivity index (χ0) is 13.7. The third-order valence-corrected chi connectivity index (χ3v) is 2.85. The van der Waals surface area contributed by atoms with Gasteiger partial charge in [0.2, 0.25) is 0 Å². The van der Waals surface area contributed by atoms with Crippen LogP contribution in [0.3, 0.4) is 0 Å². The molecule has 0 bridgehead atoms. The summed E-state index contributed by atoms with van der Waals surface area (Å²) in [6, 6.07) is 11.8. The molecule has 0 heterocycles. The van der Waals surface area contributed by atoms with E-state index in [-0.39, 0.29) is 5.75 Å². The van der Waals surface area contributed by atoms with Gasteiger partial charge in [0, 0.05) is 0 Å². The fraction of sp³-hybridized carbons (Fsp3) is 0.250.